The molecule has 0 atom stereocenters. The van der Waals surface area contributed by atoms with Crippen molar-refractivity contribution < 1.29 is 14.4 Å². The normalized spacial score (nSPS) is 11.8. The van der Waals surface area contributed by atoms with Gasteiger partial charge < -0.3 is 9.47 Å². The maximum Gasteiger partial charge on any atom is 0.274 e. The molecule has 2 heterocycles. The van der Waals surface area contributed by atoms with Crippen LogP contribution in [-0.2, 0) is 13.0 Å². The molecule has 0 aliphatic heterocycles. The van der Waals surface area contributed by atoms with Crippen LogP contribution >= 0.6 is 11.3 Å². The first-order valence-electron chi connectivity index (χ1n) is 11.1. The molecule has 180 valence electrons. The number of nitrogens with zero attached hydrogens (tertiary/aromatic N) is 3. The Morgan fingerprint density at radius 3 is 2.67 bits per heavy atom. The van der Waals surface area contributed by atoms with Crippen molar-refractivity contribution in [2.75, 3.05) is 7.11 Å². The van der Waals surface area contributed by atoms with E-state index in [1.54, 1.807) is 29.7 Å². The minimum absolute atomic E-state index is 0.0234. The van der Waals surface area contributed by atoms with Crippen molar-refractivity contribution in [2.45, 2.75) is 13.0 Å². The van der Waals surface area contributed by atoms with E-state index in [2.05, 4.69) is 11.6 Å². The number of fused-ring (bicyclic) bond motifs is 3. The average Bonchev–Trinajstić information content (AvgIpc) is 3.39. The number of nitro benzene ring substituents is 1. The molecule has 5 aromatic rings. The summed E-state index contributed by atoms with van der Waals surface area (Å²) >= 11 is 1.34. The summed E-state index contributed by atoms with van der Waals surface area (Å²) in [4.78, 5) is 28.8. The molecular weight excluding hydrogens is 478 g/mol. The Morgan fingerprint density at radius 2 is 1.94 bits per heavy atom. The van der Waals surface area contributed by atoms with Crippen molar-refractivity contribution in [3.8, 4) is 11.5 Å². The summed E-state index contributed by atoms with van der Waals surface area (Å²) in [6.07, 6.45) is 4.11. The smallest absolute Gasteiger partial charge is 0.274 e. The number of methoxy groups -OCH3 is 1. The van der Waals surface area contributed by atoms with E-state index in [4.69, 9.17) is 9.47 Å². The molecule has 9 heteroatoms. The number of allylic oxidation sites excluding steroid dienone is 1. The molecule has 0 spiro atoms. The van der Waals surface area contributed by atoms with Crippen LogP contribution in [0.15, 0.2) is 78.1 Å². The van der Waals surface area contributed by atoms with Crippen molar-refractivity contribution in [1.82, 2.24) is 9.38 Å². The molecule has 0 radical (unpaired) electrons. The third-order valence-corrected chi connectivity index (χ3v) is 6.68. The second kappa shape index (κ2) is 9.63. The van der Waals surface area contributed by atoms with Gasteiger partial charge in [-0.2, -0.15) is 0 Å². The predicted molar refractivity (Wildman–Crippen MR) is 140 cm³/mol. The molecule has 0 saturated carbocycles. The van der Waals surface area contributed by atoms with E-state index >= 15 is 0 Å². The van der Waals surface area contributed by atoms with Crippen LogP contribution in [0.1, 0.15) is 16.7 Å². The lowest BCUT2D eigenvalue weighted by Crippen LogP contribution is -2.22. The van der Waals surface area contributed by atoms with Gasteiger partial charge in [0.25, 0.3) is 11.2 Å². The van der Waals surface area contributed by atoms with Gasteiger partial charge in [-0.1, -0.05) is 29.5 Å². The number of hydrogen-bond acceptors (Lipinski definition) is 7. The number of aromatic nitrogens is 2. The molecule has 8 nitrogen and oxygen atoms in total. The Hall–Kier alpha value is -4.50. The zero-order valence-electron chi connectivity index (χ0n) is 19.3. The lowest BCUT2D eigenvalue weighted by Gasteiger charge is -2.16. The van der Waals surface area contributed by atoms with Crippen molar-refractivity contribution in [3.05, 3.63) is 115 Å². The van der Waals surface area contributed by atoms with Gasteiger partial charge in [-0.3, -0.25) is 14.9 Å². The minimum atomic E-state index is -0.438. The Balaban J connectivity index is 1.51. The van der Waals surface area contributed by atoms with Crippen molar-refractivity contribution in [1.29, 1.82) is 0 Å². The van der Waals surface area contributed by atoms with Gasteiger partial charge in [0.15, 0.2) is 16.5 Å². The molecule has 36 heavy (non-hydrogen) atoms. The van der Waals surface area contributed by atoms with Gasteiger partial charge in [-0.15, -0.1) is 6.58 Å². The van der Waals surface area contributed by atoms with Gasteiger partial charge in [-0.05, 0) is 60.0 Å². The molecule has 3 aromatic carbocycles. The Morgan fingerprint density at radius 1 is 1.17 bits per heavy atom. The molecule has 0 aliphatic rings. The molecule has 0 amide bonds. The maximum atomic E-state index is 13.2. The summed E-state index contributed by atoms with van der Waals surface area (Å²) < 4.78 is 13.9. The summed E-state index contributed by atoms with van der Waals surface area (Å²) in [5.41, 5.74) is 3.90. The lowest BCUT2D eigenvalue weighted by atomic mass is 10.1. The third kappa shape index (κ3) is 4.32. The fraction of sp³-hybridized carbons (Fsp3) is 0.111. The van der Waals surface area contributed by atoms with Crippen LogP contribution < -0.4 is 19.6 Å². The lowest BCUT2D eigenvalue weighted by molar-refractivity contribution is -0.384. The minimum Gasteiger partial charge on any atom is -0.493 e. The maximum absolute atomic E-state index is 13.2. The molecule has 5 rings (SSSR count). The number of rotatable bonds is 8. The van der Waals surface area contributed by atoms with Gasteiger partial charge >= 0.3 is 0 Å². The topological polar surface area (TPSA) is 96.0 Å². The van der Waals surface area contributed by atoms with Crippen LogP contribution in [0.3, 0.4) is 0 Å². The van der Waals surface area contributed by atoms with Crippen molar-refractivity contribution in [3.63, 3.8) is 0 Å². The molecule has 2 aromatic heterocycles. The zero-order chi connectivity index (χ0) is 25.2. The zero-order valence-corrected chi connectivity index (χ0v) is 20.2. The number of imidazole rings is 1. The van der Waals surface area contributed by atoms with Crippen LogP contribution in [0.5, 0.6) is 11.5 Å². The second-order valence-electron chi connectivity index (χ2n) is 8.05. The van der Waals surface area contributed by atoms with Crippen LogP contribution in [0.2, 0.25) is 0 Å². The van der Waals surface area contributed by atoms with E-state index in [-0.39, 0.29) is 17.9 Å². The first kappa shape index (κ1) is 23.3. The highest BCUT2D eigenvalue weighted by Crippen LogP contribution is 2.34. The second-order valence-corrected chi connectivity index (χ2v) is 9.06. The molecule has 0 aliphatic carbocycles. The number of benzene rings is 3. The van der Waals surface area contributed by atoms with Crippen molar-refractivity contribution >= 4 is 39.1 Å². The largest absolute Gasteiger partial charge is 0.493 e. The van der Waals surface area contributed by atoms with Gasteiger partial charge in [0, 0.05) is 17.7 Å². The first-order valence-corrected chi connectivity index (χ1v) is 11.9. The molecule has 0 unspecified atom stereocenters. The van der Waals surface area contributed by atoms with Gasteiger partial charge in [-0.25, -0.2) is 9.38 Å². The Kier molecular flexibility index (Phi) is 6.22. The molecule has 0 bridgehead atoms. The summed E-state index contributed by atoms with van der Waals surface area (Å²) in [6.45, 7) is 4.06. The predicted octanol–water partition coefficient (Wildman–Crippen LogP) is 4.68. The third-order valence-electron chi connectivity index (χ3n) is 5.71. The van der Waals surface area contributed by atoms with Crippen molar-refractivity contribution in [2.24, 2.45) is 0 Å². The standard InChI is InChI=1S/C27H21N3O5S/c1-3-6-19-13-18(15-24-26(31)29-22-8-5-4-7-21(22)28-27(29)36-24)14-23(34-2)25(19)35-16-17-9-11-20(12-10-17)30(32)33/h3-5,7-15H,1,6,16H2,2H3/b24-15-. The number of hydrogen-bond donors (Lipinski definition) is 0. The summed E-state index contributed by atoms with van der Waals surface area (Å²) in [6, 6.07) is 17.5. The molecular formula is C27H21N3O5S. The van der Waals surface area contributed by atoms with E-state index in [9.17, 15) is 14.9 Å². The van der Waals surface area contributed by atoms with Gasteiger partial charge in [0.05, 0.1) is 27.6 Å². The summed E-state index contributed by atoms with van der Waals surface area (Å²) in [5, 5.41) is 10.9. The molecule has 0 N–H and O–H groups in total. The number of thiazole rings is 1. The quantitative estimate of drug-likeness (QED) is 0.175. The van der Waals surface area contributed by atoms with Crippen LogP contribution in [0.25, 0.3) is 22.1 Å². The first-order chi connectivity index (χ1) is 17.5. The number of para-hydroxylation sites is 2. The Bertz CT molecular complexity index is 1720. The van der Waals surface area contributed by atoms with Gasteiger partial charge in [0.1, 0.15) is 6.61 Å². The van der Waals surface area contributed by atoms with E-state index in [0.29, 0.717) is 27.4 Å². The molecule has 0 fully saturated rings. The van der Waals surface area contributed by atoms with Crippen LogP contribution in [0.4, 0.5) is 5.69 Å². The highest BCUT2D eigenvalue weighted by atomic mass is 32.1. The highest BCUT2D eigenvalue weighted by Gasteiger charge is 2.15. The van der Waals surface area contributed by atoms with Crippen LogP contribution in [-0.4, -0.2) is 21.4 Å². The number of ether oxygens (including phenoxy) is 2. The number of nitro groups is 1. The average molecular weight is 500 g/mol. The highest BCUT2D eigenvalue weighted by molar-refractivity contribution is 7.15. The van der Waals surface area contributed by atoms with E-state index < -0.39 is 4.92 Å². The van der Waals surface area contributed by atoms with Gasteiger partial charge in [0.2, 0.25) is 0 Å². The Labute approximate surface area is 209 Å². The van der Waals surface area contributed by atoms with E-state index in [1.807, 2.05) is 42.5 Å². The molecule has 0 saturated heterocycles. The monoisotopic (exact) mass is 499 g/mol. The number of non-ortho nitro benzene ring substituents is 1. The van der Waals surface area contributed by atoms with E-state index in [1.165, 1.54) is 23.5 Å². The fourth-order valence-corrected chi connectivity index (χ4v) is 5.01. The SMILES string of the molecule is C=CCc1cc(/C=c2\sc3nc4ccccc4n3c2=O)cc(OC)c1OCc1ccc([N+](=O)[O-])cc1. The van der Waals surface area contributed by atoms with Crippen LogP contribution in [0, 0.1) is 10.1 Å². The fourth-order valence-electron chi connectivity index (χ4n) is 4.02. The van der Waals surface area contributed by atoms with E-state index in [0.717, 1.165) is 27.7 Å². The summed E-state index contributed by atoms with van der Waals surface area (Å²) in [5.74, 6) is 1.07. The summed E-state index contributed by atoms with van der Waals surface area (Å²) in [7, 11) is 1.56.